The van der Waals surface area contributed by atoms with E-state index in [0.29, 0.717) is 11.2 Å². The number of benzene rings is 6. The van der Waals surface area contributed by atoms with Crippen molar-refractivity contribution < 1.29 is 18.3 Å². The van der Waals surface area contributed by atoms with Gasteiger partial charge in [-0.15, -0.1) is 11.0 Å². The van der Waals surface area contributed by atoms with Gasteiger partial charge in [0, 0.05) is 10.8 Å². The molecule has 0 amide bonds. The molecule has 66 heavy (non-hydrogen) atoms. The number of hydrogen-bond acceptors (Lipinski definition) is 4. The largest absolute Gasteiger partial charge is 0.660 e. The molecule has 2 atom stereocenters. The molecule has 8 aromatic rings. The first-order chi connectivity index (χ1) is 31.2. The smallest absolute Gasteiger partial charge is 0.170 e. The highest BCUT2D eigenvalue weighted by molar-refractivity contribution is 5.99. The molecular formula is C58H56N4O4-4. The molecule has 0 bridgehead atoms. The van der Waals surface area contributed by atoms with Crippen LogP contribution in [0.2, 0.25) is 0 Å². The van der Waals surface area contributed by atoms with Gasteiger partial charge in [0.25, 0.3) is 0 Å². The minimum atomic E-state index is -0.224. The fraction of sp³-hybridized carbons (Fsp3) is 0.379. The normalized spacial score (nSPS) is 22.8. The van der Waals surface area contributed by atoms with Crippen LogP contribution in [-0.4, -0.2) is 14.2 Å². The van der Waals surface area contributed by atoms with Crippen LogP contribution in [-0.2, 0) is 32.5 Å². The number of aromatic nitrogens is 2. The summed E-state index contributed by atoms with van der Waals surface area (Å²) in [5.74, 6) is 1.53. The lowest BCUT2D eigenvalue weighted by atomic mass is 9.72. The Balaban J connectivity index is 0.945. The molecule has 3 heterocycles. The van der Waals surface area contributed by atoms with Gasteiger partial charge in [-0.05, 0) is 153 Å². The van der Waals surface area contributed by atoms with Crippen LogP contribution in [0.4, 0.5) is 22.7 Å². The van der Waals surface area contributed by atoms with Gasteiger partial charge >= 0.3 is 0 Å². The monoisotopic (exact) mass is 872 g/mol. The third-order valence-electron chi connectivity index (χ3n) is 16.8. The van der Waals surface area contributed by atoms with Crippen molar-refractivity contribution in [3.8, 4) is 11.5 Å². The summed E-state index contributed by atoms with van der Waals surface area (Å²) in [5, 5.41) is 10.4. The van der Waals surface area contributed by atoms with Gasteiger partial charge in [-0.2, -0.15) is 33.8 Å². The van der Waals surface area contributed by atoms with Gasteiger partial charge in [-0.1, -0.05) is 91.8 Å². The molecule has 1 aliphatic heterocycles. The zero-order chi connectivity index (χ0) is 45.8. The molecule has 6 aromatic carbocycles. The Morgan fingerprint density at radius 1 is 0.379 bits per heavy atom. The van der Waals surface area contributed by atoms with E-state index in [4.69, 9.17) is 38.9 Å². The lowest BCUT2D eigenvalue weighted by Gasteiger charge is -2.46. The van der Waals surface area contributed by atoms with Gasteiger partial charge in [-0.25, -0.2) is 0 Å². The summed E-state index contributed by atoms with van der Waals surface area (Å²) in [6, 6.07) is 26.6. The van der Waals surface area contributed by atoms with Crippen molar-refractivity contribution in [2.24, 2.45) is 0 Å². The van der Waals surface area contributed by atoms with E-state index < -0.39 is 0 Å². The third kappa shape index (κ3) is 5.16. The molecule has 2 unspecified atom stereocenters. The standard InChI is InChI=1S/C58H56N4O4/c1-29-13-39-40(14-30(29)2)60-43-17-35-31(15-41(43)59-39)53(3,4)25-57(35)26-54(5,6)32-16-42-44(18-36(32)57)62-46-24-52-51(23-45(46)61-42)65-49-20-34-38(22-50(49)66-52)58(28-56(34,9)10)27-55(7,8)33-19-47(63-11)48(64-12)21-37(33)58/h13-24H,25-28H2,1-12H3/q-4. The summed E-state index contributed by atoms with van der Waals surface area (Å²) < 4.78 is 25.4. The van der Waals surface area contributed by atoms with Crippen LogP contribution in [0.15, 0.2) is 81.6 Å². The number of nitrogens with zero attached hydrogens (tertiary/aromatic N) is 4. The van der Waals surface area contributed by atoms with Crippen molar-refractivity contribution in [1.82, 2.24) is 9.97 Å². The van der Waals surface area contributed by atoms with Gasteiger partial charge in [0.2, 0.25) is 0 Å². The Labute approximate surface area is 386 Å². The predicted octanol–water partition coefficient (Wildman–Crippen LogP) is 15.4. The minimum Gasteiger partial charge on any atom is -0.660 e. The summed E-state index contributed by atoms with van der Waals surface area (Å²) in [6.45, 7) is 23.3. The van der Waals surface area contributed by atoms with E-state index in [1.54, 1.807) is 14.2 Å². The number of rotatable bonds is 2. The van der Waals surface area contributed by atoms with E-state index in [9.17, 15) is 0 Å². The Morgan fingerprint density at radius 3 is 1.17 bits per heavy atom. The van der Waals surface area contributed by atoms with Crippen molar-refractivity contribution in [3.05, 3.63) is 139 Å². The molecule has 336 valence electrons. The second-order valence-electron chi connectivity index (χ2n) is 23.1. The van der Waals surface area contributed by atoms with Gasteiger partial charge in [-0.3, -0.25) is 0 Å². The van der Waals surface area contributed by atoms with Crippen LogP contribution in [0.25, 0.3) is 55.0 Å². The molecule has 13 rings (SSSR count). The van der Waals surface area contributed by atoms with Crippen molar-refractivity contribution >= 4 is 67.1 Å². The molecule has 4 aliphatic carbocycles. The van der Waals surface area contributed by atoms with Crippen molar-refractivity contribution in [2.45, 2.75) is 127 Å². The zero-order valence-electron chi connectivity index (χ0n) is 40.2. The van der Waals surface area contributed by atoms with Crippen LogP contribution in [0.1, 0.15) is 137 Å². The summed E-state index contributed by atoms with van der Waals surface area (Å²) in [5.41, 5.74) is 22.2. The van der Waals surface area contributed by atoms with Crippen LogP contribution in [0, 0.1) is 13.8 Å². The fourth-order valence-electron chi connectivity index (χ4n) is 14.1. The molecule has 0 saturated heterocycles. The Hall–Kier alpha value is -6.28. The van der Waals surface area contributed by atoms with Crippen molar-refractivity contribution in [1.29, 1.82) is 0 Å². The first kappa shape index (κ1) is 40.0. The van der Waals surface area contributed by atoms with Crippen LogP contribution >= 0.6 is 0 Å². The molecule has 5 aliphatic rings. The predicted molar refractivity (Wildman–Crippen MR) is 265 cm³/mol. The molecule has 0 N–H and O–H groups in total. The molecule has 0 radical (unpaired) electrons. The fourth-order valence-corrected chi connectivity index (χ4v) is 14.1. The number of fused-ring (bicyclic) bond motifs is 14. The zero-order valence-corrected chi connectivity index (χ0v) is 40.2. The molecule has 8 nitrogen and oxygen atoms in total. The summed E-state index contributed by atoms with van der Waals surface area (Å²) in [6.07, 6.45) is 3.93. The number of ether oxygens (including phenoxy) is 2. The quantitative estimate of drug-likeness (QED) is 0.160. The van der Waals surface area contributed by atoms with Crippen LogP contribution < -0.4 is 19.4 Å². The SMILES string of the molecule is COc1cc2c(cc1OC)C1(CC2(C)C)CC(C)(C)c2cc3oc4cc5[n-]c6cc7c(cc6[n-]c5cc4oc3cc21)C1(CC(C)(C)c2cc3c(cc21)[N-]c1cc(C)c(C)cc1[N-]3)CC7(C)C. The number of hydrogen-bond donors (Lipinski definition) is 0. The lowest BCUT2D eigenvalue weighted by molar-refractivity contribution is 0.348. The minimum absolute atomic E-state index is 0.0644. The maximum absolute atomic E-state index is 6.88. The van der Waals surface area contributed by atoms with E-state index in [1.807, 2.05) is 12.1 Å². The first-order valence-electron chi connectivity index (χ1n) is 23.6. The van der Waals surface area contributed by atoms with Crippen LogP contribution in [0.5, 0.6) is 11.5 Å². The van der Waals surface area contributed by atoms with Crippen molar-refractivity contribution in [3.63, 3.8) is 0 Å². The highest BCUT2D eigenvalue weighted by Gasteiger charge is 2.58. The first-order valence-corrected chi connectivity index (χ1v) is 23.6. The molecule has 8 heteroatoms. The van der Waals surface area contributed by atoms with Crippen molar-refractivity contribution in [2.75, 3.05) is 14.2 Å². The molecule has 0 saturated carbocycles. The van der Waals surface area contributed by atoms with Gasteiger partial charge in [0.1, 0.15) is 0 Å². The van der Waals surface area contributed by atoms with Crippen LogP contribution in [0.3, 0.4) is 0 Å². The van der Waals surface area contributed by atoms with E-state index in [2.05, 4.69) is 130 Å². The molecule has 0 fully saturated rings. The van der Waals surface area contributed by atoms with E-state index in [-0.39, 0.29) is 32.5 Å². The Morgan fingerprint density at radius 2 is 0.682 bits per heavy atom. The third-order valence-corrected chi connectivity index (χ3v) is 16.8. The second-order valence-corrected chi connectivity index (χ2v) is 23.1. The second kappa shape index (κ2) is 12.4. The van der Waals surface area contributed by atoms with Gasteiger partial charge in [0.15, 0.2) is 33.8 Å². The maximum atomic E-state index is 6.88. The maximum Gasteiger partial charge on any atom is 0.170 e. The van der Waals surface area contributed by atoms with Gasteiger partial charge in [0.05, 0.1) is 14.2 Å². The topological polar surface area (TPSA) is 101 Å². The average molecular weight is 873 g/mol. The number of methoxy groups -OCH3 is 2. The summed E-state index contributed by atoms with van der Waals surface area (Å²) >= 11 is 0. The van der Waals surface area contributed by atoms with E-state index in [1.165, 1.54) is 55.6 Å². The highest BCUT2D eigenvalue weighted by atomic mass is 16.5. The number of aryl methyl sites for hydroxylation is 2. The summed E-state index contributed by atoms with van der Waals surface area (Å²) in [7, 11) is 3.43. The van der Waals surface area contributed by atoms with E-state index in [0.717, 1.165) is 93.2 Å². The Kier molecular flexibility index (Phi) is 7.51. The molecular weight excluding hydrogens is 817 g/mol. The highest BCUT2D eigenvalue weighted by Crippen LogP contribution is 2.67. The molecule has 2 aromatic heterocycles. The van der Waals surface area contributed by atoms with E-state index >= 15 is 0 Å². The lowest BCUT2D eigenvalue weighted by Crippen LogP contribution is -2.27. The van der Waals surface area contributed by atoms with Gasteiger partial charge < -0.3 is 38.9 Å². The Bertz CT molecular complexity index is 3570. The average Bonchev–Trinajstić information content (AvgIpc) is 3.80. The molecule has 2 spiro atoms. The summed E-state index contributed by atoms with van der Waals surface area (Å²) in [4.78, 5) is 10.7.